The molecule has 140 valence electrons. The zero-order valence-corrected chi connectivity index (χ0v) is 13.9. The Morgan fingerprint density at radius 3 is 2.35 bits per heavy atom. The van der Waals surface area contributed by atoms with Crippen LogP contribution < -0.4 is 19.4 Å². The Labute approximate surface area is 146 Å². The number of hydrogen-bond donors (Lipinski definition) is 1. The van der Waals surface area contributed by atoms with Crippen LogP contribution in [-0.4, -0.2) is 27.8 Å². The SMILES string of the molecule is COc1ccc(C(N)=O)c(OS(=O)(=O)c2cccc(OC(F)(F)F)c2)c1. The molecule has 11 heteroatoms. The van der Waals surface area contributed by atoms with Crippen molar-refractivity contribution in [3.05, 3.63) is 48.0 Å². The molecule has 0 spiro atoms. The van der Waals surface area contributed by atoms with Gasteiger partial charge in [-0.1, -0.05) is 6.07 Å². The van der Waals surface area contributed by atoms with Gasteiger partial charge in [0.25, 0.3) is 5.91 Å². The fourth-order valence-electron chi connectivity index (χ4n) is 1.90. The van der Waals surface area contributed by atoms with Gasteiger partial charge in [-0.25, -0.2) is 0 Å². The predicted octanol–water partition coefficient (Wildman–Crippen LogP) is 2.46. The van der Waals surface area contributed by atoms with E-state index in [1.165, 1.54) is 19.2 Å². The van der Waals surface area contributed by atoms with Gasteiger partial charge < -0.3 is 19.4 Å². The van der Waals surface area contributed by atoms with Crippen molar-refractivity contribution in [3.63, 3.8) is 0 Å². The van der Waals surface area contributed by atoms with Crippen molar-refractivity contribution < 1.29 is 40.0 Å². The molecule has 1 amide bonds. The molecule has 0 heterocycles. The van der Waals surface area contributed by atoms with E-state index in [1.807, 2.05) is 0 Å². The van der Waals surface area contributed by atoms with E-state index in [2.05, 4.69) is 4.74 Å². The van der Waals surface area contributed by atoms with Gasteiger partial charge in [-0.05, 0) is 24.3 Å². The van der Waals surface area contributed by atoms with Gasteiger partial charge in [-0.15, -0.1) is 13.2 Å². The van der Waals surface area contributed by atoms with Crippen LogP contribution in [0.25, 0.3) is 0 Å². The van der Waals surface area contributed by atoms with Crippen LogP contribution in [0.3, 0.4) is 0 Å². The van der Waals surface area contributed by atoms with E-state index >= 15 is 0 Å². The number of nitrogens with two attached hydrogens (primary N) is 1. The summed E-state index contributed by atoms with van der Waals surface area (Å²) in [5.41, 5.74) is 4.90. The van der Waals surface area contributed by atoms with Crippen molar-refractivity contribution in [1.82, 2.24) is 0 Å². The number of primary amides is 1. The molecule has 0 aliphatic rings. The second kappa shape index (κ2) is 7.12. The average molecular weight is 391 g/mol. The molecule has 0 saturated heterocycles. The van der Waals surface area contributed by atoms with Gasteiger partial charge in [0.15, 0.2) is 5.75 Å². The minimum absolute atomic E-state index is 0.175. The third-order valence-corrected chi connectivity index (χ3v) is 4.21. The Morgan fingerprint density at radius 1 is 1.08 bits per heavy atom. The molecule has 0 radical (unpaired) electrons. The maximum atomic E-state index is 12.3. The van der Waals surface area contributed by atoms with Crippen LogP contribution in [0.4, 0.5) is 13.2 Å². The first-order valence-corrected chi connectivity index (χ1v) is 8.21. The van der Waals surface area contributed by atoms with Gasteiger partial charge in [0, 0.05) is 12.1 Å². The van der Waals surface area contributed by atoms with Crippen molar-refractivity contribution in [2.75, 3.05) is 7.11 Å². The van der Waals surface area contributed by atoms with E-state index in [9.17, 15) is 26.4 Å². The Hall–Kier alpha value is -2.95. The molecule has 7 nitrogen and oxygen atoms in total. The number of methoxy groups -OCH3 is 1. The molecule has 0 aliphatic heterocycles. The predicted molar refractivity (Wildman–Crippen MR) is 82.5 cm³/mol. The maximum absolute atomic E-state index is 12.3. The van der Waals surface area contributed by atoms with Crippen LogP contribution in [0.2, 0.25) is 0 Å². The quantitative estimate of drug-likeness (QED) is 0.759. The number of hydrogen-bond acceptors (Lipinski definition) is 6. The Kier molecular flexibility index (Phi) is 5.30. The highest BCUT2D eigenvalue weighted by molar-refractivity contribution is 7.87. The zero-order valence-electron chi connectivity index (χ0n) is 13.1. The number of carbonyl (C=O) groups excluding carboxylic acids is 1. The molecule has 0 aromatic heterocycles. The lowest BCUT2D eigenvalue weighted by molar-refractivity contribution is -0.274. The highest BCUT2D eigenvalue weighted by Crippen LogP contribution is 2.29. The fraction of sp³-hybridized carbons (Fsp3) is 0.133. The summed E-state index contributed by atoms with van der Waals surface area (Å²) in [6.07, 6.45) is -4.99. The maximum Gasteiger partial charge on any atom is 0.573 e. The average Bonchev–Trinajstić information content (AvgIpc) is 2.52. The lowest BCUT2D eigenvalue weighted by Crippen LogP contribution is -2.18. The molecule has 0 atom stereocenters. The Balaban J connectivity index is 2.41. The summed E-state index contributed by atoms with van der Waals surface area (Å²) >= 11 is 0. The van der Waals surface area contributed by atoms with Crippen LogP contribution in [-0.2, 0) is 10.1 Å². The third kappa shape index (κ3) is 4.79. The van der Waals surface area contributed by atoms with Gasteiger partial charge in [0.1, 0.15) is 16.4 Å². The van der Waals surface area contributed by atoms with Crippen LogP contribution in [0.1, 0.15) is 10.4 Å². The van der Waals surface area contributed by atoms with Crippen molar-refractivity contribution in [2.45, 2.75) is 11.3 Å². The van der Waals surface area contributed by atoms with E-state index in [1.54, 1.807) is 0 Å². The van der Waals surface area contributed by atoms with Gasteiger partial charge in [0.2, 0.25) is 0 Å². The van der Waals surface area contributed by atoms with Crippen molar-refractivity contribution >= 4 is 16.0 Å². The zero-order chi connectivity index (χ0) is 19.5. The topological polar surface area (TPSA) is 105 Å². The molecular weight excluding hydrogens is 379 g/mol. The first-order chi connectivity index (χ1) is 12.0. The van der Waals surface area contributed by atoms with Crippen molar-refractivity contribution in [3.8, 4) is 17.2 Å². The summed E-state index contributed by atoms with van der Waals surface area (Å²) in [4.78, 5) is 10.8. The largest absolute Gasteiger partial charge is 0.573 e. The number of benzene rings is 2. The van der Waals surface area contributed by atoms with Crippen LogP contribution >= 0.6 is 0 Å². The van der Waals surface area contributed by atoms with Gasteiger partial charge in [-0.2, -0.15) is 8.42 Å². The summed E-state index contributed by atoms with van der Waals surface area (Å²) in [5, 5.41) is 0. The monoisotopic (exact) mass is 391 g/mol. The molecule has 0 aliphatic carbocycles. The molecule has 0 bridgehead atoms. The number of amides is 1. The number of ether oxygens (including phenoxy) is 2. The highest BCUT2D eigenvalue weighted by Gasteiger charge is 2.31. The van der Waals surface area contributed by atoms with E-state index < -0.39 is 38.8 Å². The normalized spacial score (nSPS) is 11.7. The summed E-state index contributed by atoms with van der Waals surface area (Å²) in [6.45, 7) is 0. The first kappa shape index (κ1) is 19.4. The molecule has 0 unspecified atom stereocenters. The van der Waals surface area contributed by atoms with Crippen LogP contribution in [0.5, 0.6) is 17.2 Å². The van der Waals surface area contributed by atoms with Gasteiger partial charge in [-0.3, -0.25) is 4.79 Å². The third-order valence-electron chi connectivity index (χ3n) is 2.98. The standard InChI is InChI=1S/C15H12F3NO6S/c1-23-9-5-6-12(14(19)20)13(8-9)25-26(21,22)11-4-2-3-10(7-11)24-15(16,17)18/h2-8H,1H3,(H2,19,20). The number of rotatable bonds is 6. The van der Waals surface area contributed by atoms with Crippen LogP contribution in [0, 0.1) is 0 Å². The summed E-state index contributed by atoms with van der Waals surface area (Å²) in [7, 11) is -3.28. The minimum atomic E-state index is -4.99. The van der Waals surface area contributed by atoms with Gasteiger partial charge in [0.05, 0.1) is 12.7 Å². The number of carbonyl (C=O) groups is 1. The lowest BCUT2D eigenvalue weighted by atomic mass is 10.2. The second-order valence-corrected chi connectivity index (χ2v) is 6.33. The molecule has 2 N–H and O–H groups in total. The molecule has 0 saturated carbocycles. The molecule has 2 aromatic rings. The summed E-state index contributed by atoms with van der Waals surface area (Å²) in [6, 6.07) is 7.25. The minimum Gasteiger partial charge on any atom is -0.497 e. The lowest BCUT2D eigenvalue weighted by Gasteiger charge is -2.13. The van der Waals surface area contributed by atoms with Crippen LogP contribution in [0.15, 0.2) is 47.4 Å². The second-order valence-electron chi connectivity index (χ2n) is 4.79. The van der Waals surface area contributed by atoms with E-state index in [0.717, 1.165) is 24.3 Å². The first-order valence-electron chi connectivity index (χ1n) is 6.80. The molecule has 26 heavy (non-hydrogen) atoms. The highest BCUT2D eigenvalue weighted by atomic mass is 32.2. The molecule has 2 aromatic carbocycles. The summed E-state index contributed by atoms with van der Waals surface area (Å²) in [5.74, 6) is -1.97. The number of halogens is 3. The number of alkyl halides is 3. The van der Waals surface area contributed by atoms with E-state index in [-0.39, 0.29) is 11.3 Å². The van der Waals surface area contributed by atoms with Crippen molar-refractivity contribution in [1.29, 1.82) is 0 Å². The van der Waals surface area contributed by atoms with E-state index in [0.29, 0.717) is 6.07 Å². The smallest absolute Gasteiger partial charge is 0.497 e. The van der Waals surface area contributed by atoms with E-state index in [4.69, 9.17) is 14.7 Å². The van der Waals surface area contributed by atoms with Gasteiger partial charge >= 0.3 is 16.5 Å². The Bertz CT molecular complexity index is 927. The van der Waals surface area contributed by atoms with Crippen molar-refractivity contribution in [2.24, 2.45) is 5.73 Å². The summed E-state index contributed by atoms with van der Waals surface area (Å²) < 4.78 is 75.0. The fourth-order valence-corrected chi connectivity index (χ4v) is 2.87. The molecular formula is C15H12F3NO6S. The molecule has 2 rings (SSSR count). The molecule has 0 fully saturated rings. The Morgan fingerprint density at radius 2 is 1.77 bits per heavy atom.